The van der Waals surface area contributed by atoms with E-state index in [4.69, 9.17) is 37.0 Å². The van der Waals surface area contributed by atoms with E-state index in [1.54, 1.807) is 0 Å². The van der Waals surface area contributed by atoms with Crippen molar-refractivity contribution >= 4 is 39.5 Å². The van der Waals surface area contributed by atoms with E-state index in [-0.39, 0.29) is 25.7 Å². The van der Waals surface area contributed by atoms with Gasteiger partial charge in [0.1, 0.15) is 19.3 Å². The lowest BCUT2D eigenvalue weighted by molar-refractivity contribution is -0.161. The van der Waals surface area contributed by atoms with Crippen molar-refractivity contribution in [1.82, 2.24) is 0 Å². The van der Waals surface area contributed by atoms with E-state index in [2.05, 4.69) is 41.5 Å². The van der Waals surface area contributed by atoms with Crippen LogP contribution in [0.25, 0.3) is 0 Å². The number of carbonyl (C=O) groups is 4. The summed E-state index contributed by atoms with van der Waals surface area (Å²) in [5.74, 6) is -0.683. The molecule has 0 fully saturated rings. The van der Waals surface area contributed by atoms with E-state index in [0.717, 1.165) is 115 Å². The van der Waals surface area contributed by atoms with Gasteiger partial charge >= 0.3 is 39.5 Å². The van der Waals surface area contributed by atoms with Gasteiger partial charge in [-0.25, -0.2) is 9.13 Å². The highest BCUT2D eigenvalue weighted by Crippen LogP contribution is 2.45. The van der Waals surface area contributed by atoms with Gasteiger partial charge in [0, 0.05) is 25.7 Å². The maximum atomic E-state index is 13.0. The van der Waals surface area contributed by atoms with E-state index in [9.17, 15) is 43.2 Å². The number of phosphoric acid groups is 2. The van der Waals surface area contributed by atoms with Crippen LogP contribution in [0.1, 0.15) is 343 Å². The lowest BCUT2D eigenvalue weighted by Crippen LogP contribution is -2.30. The minimum Gasteiger partial charge on any atom is -0.462 e. The van der Waals surface area contributed by atoms with Gasteiger partial charge in [0.2, 0.25) is 0 Å². The van der Waals surface area contributed by atoms with Crippen molar-refractivity contribution in [3.05, 3.63) is 0 Å². The van der Waals surface area contributed by atoms with Gasteiger partial charge in [-0.05, 0) is 37.5 Å². The number of aliphatic hydroxyl groups excluding tert-OH is 1. The minimum atomic E-state index is -4.95. The number of carbonyl (C=O) groups excluding carboxylic acids is 4. The summed E-state index contributed by atoms with van der Waals surface area (Å²) in [5, 5.41) is 10.6. The number of unbranched alkanes of at least 4 members (excludes halogenated alkanes) is 35. The molecule has 516 valence electrons. The van der Waals surface area contributed by atoms with Crippen LogP contribution in [-0.2, 0) is 65.4 Å². The molecule has 0 rings (SSSR count). The standard InChI is InChI=1S/C68H132O17P2/c1-7-11-13-15-17-19-20-21-22-23-24-25-26-27-28-29-31-40-46-52-67(72)84-63(57-79-66(71)51-45-39-34-32-36-42-48-60(5)9-3)58-82-86(74,75)80-54-62(69)55-81-87(76,77)83-59-64(56-78-65(70)50-44-38-30-18-16-14-12-8-2)85-68(73)53-47-41-35-33-37-43-49-61(6)10-4/h60-64,69H,7-59H2,1-6H3,(H,74,75)(H,76,77)/t60?,61?,62-,63-,64-/m1/s1. The summed E-state index contributed by atoms with van der Waals surface area (Å²) in [6.45, 7) is 9.41. The molecular weight excluding hydrogens is 1150 g/mol. The first-order valence-electron chi connectivity index (χ1n) is 35.6. The number of hydrogen-bond donors (Lipinski definition) is 3. The van der Waals surface area contributed by atoms with Gasteiger partial charge in [-0.1, -0.05) is 292 Å². The second-order valence-corrected chi connectivity index (χ2v) is 28.0. The molecule has 3 N–H and O–H groups in total. The first-order chi connectivity index (χ1) is 41.9. The molecule has 0 heterocycles. The van der Waals surface area contributed by atoms with Gasteiger partial charge in [-0.3, -0.25) is 37.3 Å². The number of esters is 4. The lowest BCUT2D eigenvalue weighted by Gasteiger charge is -2.21. The second kappa shape index (κ2) is 60.3. The van der Waals surface area contributed by atoms with E-state index < -0.39 is 97.5 Å². The molecule has 0 aromatic carbocycles. The van der Waals surface area contributed by atoms with Crippen molar-refractivity contribution < 1.29 is 80.2 Å². The predicted octanol–water partition coefficient (Wildman–Crippen LogP) is 19.2. The van der Waals surface area contributed by atoms with Gasteiger partial charge in [0.15, 0.2) is 12.2 Å². The van der Waals surface area contributed by atoms with E-state index in [1.807, 2.05) is 0 Å². The first-order valence-corrected chi connectivity index (χ1v) is 38.6. The molecule has 0 aliphatic heterocycles. The zero-order valence-electron chi connectivity index (χ0n) is 56.3. The van der Waals surface area contributed by atoms with E-state index in [0.29, 0.717) is 25.7 Å². The van der Waals surface area contributed by atoms with Crippen LogP contribution in [0.5, 0.6) is 0 Å². The zero-order valence-corrected chi connectivity index (χ0v) is 58.1. The number of ether oxygens (including phenoxy) is 4. The van der Waals surface area contributed by atoms with Gasteiger partial charge in [0.05, 0.1) is 26.4 Å². The van der Waals surface area contributed by atoms with Crippen molar-refractivity contribution in [1.29, 1.82) is 0 Å². The molecular formula is C68H132O17P2. The Morgan fingerprint density at radius 3 is 0.816 bits per heavy atom. The molecule has 0 aliphatic carbocycles. The predicted molar refractivity (Wildman–Crippen MR) is 349 cm³/mol. The van der Waals surface area contributed by atoms with Crippen LogP contribution in [0.2, 0.25) is 0 Å². The molecule has 0 saturated heterocycles. The molecule has 0 aromatic heterocycles. The highest BCUT2D eigenvalue weighted by Gasteiger charge is 2.30. The average Bonchev–Trinajstić information content (AvgIpc) is 3.71. The van der Waals surface area contributed by atoms with Crippen LogP contribution in [0.15, 0.2) is 0 Å². The number of hydrogen-bond acceptors (Lipinski definition) is 15. The lowest BCUT2D eigenvalue weighted by atomic mass is 10.00. The summed E-state index contributed by atoms with van der Waals surface area (Å²) >= 11 is 0. The van der Waals surface area contributed by atoms with E-state index in [1.165, 1.54) is 148 Å². The summed E-state index contributed by atoms with van der Waals surface area (Å²) in [5.41, 5.74) is 0. The number of aliphatic hydroxyl groups is 1. The Balaban J connectivity index is 5.17. The van der Waals surface area contributed by atoms with Gasteiger partial charge in [-0.15, -0.1) is 0 Å². The minimum absolute atomic E-state index is 0.103. The van der Waals surface area contributed by atoms with Gasteiger partial charge < -0.3 is 33.8 Å². The number of rotatable bonds is 67. The molecule has 0 bridgehead atoms. The van der Waals surface area contributed by atoms with Crippen LogP contribution < -0.4 is 0 Å². The zero-order chi connectivity index (χ0) is 64.3. The van der Waals surface area contributed by atoms with Crippen molar-refractivity contribution in [3.63, 3.8) is 0 Å². The SMILES string of the molecule is CCCCCCCCCCCCCCCCCCCCCC(=O)O[C@H](COC(=O)CCCCCCCCC(C)CC)COP(=O)(O)OC[C@@H](O)COP(=O)(O)OC[C@@H](COC(=O)CCCCCCCCCC)OC(=O)CCCCCCCCC(C)CC. The van der Waals surface area contributed by atoms with Gasteiger partial charge in [0.25, 0.3) is 0 Å². The molecule has 0 radical (unpaired) electrons. The molecule has 19 heteroatoms. The van der Waals surface area contributed by atoms with Crippen LogP contribution in [0.3, 0.4) is 0 Å². The van der Waals surface area contributed by atoms with Crippen LogP contribution in [0.4, 0.5) is 0 Å². The van der Waals surface area contributed by atoms with E-state index >= 15 is 0 Å². The fourth-order valence-electron chi connectivity index (χ4n) is 10.2. The highest BCUT2D eigenvalue weighted by molar-refractivity contribution is 7.47. The fraction of sp³-hybridized carbons (Fsp3) is 0.941. The second-order valence-electron chi connectivity index (χ2n) is 25.0. The Morgan fingerprint density at radius 1 is 0.322 bits per heavy atom. The molecule has 0 aromatic rings. The first kappa shape index (κ1) is 85.1. The van der Waals surface area contributed by atoms with Crippen LogP contribution >= 0.6 is 15.6 Å². The molecule has 7 atom stereocenters. The third kappa shape index (κ3) is 60.1. The summed E-state index contributed by atoms with van der Waals surface area (Å²) in [7, 11) is -9.89. The normalized spacial score (nSPS) is 14.8. The summed E-state index contributed by atoms with van der Waals surface area (Å²) in [4.78, 5) is 72.3. The Kier molecular flexibility index (Phi) is 59.0. The maximum absolute atomic E-state index is 13.0. The Morgan fingerprint density at radius 2 is 0.552 bits per heavy atom. The molecule has 0 amide bonds. The molecule has 0 aliphatic rings. The fourth-order valence-corrected chi connectivity index (χ4v) is 11.8. The molecule has 0 saturated carbocycles. The summed E-state index contributed by atoms with van der Waals surface area (Å²) < 4.78 is 68.1. The Bertz CT molecular complexity index is 1700. The average molecular weight is 1280 g/mol. The molecule has 0 spiro atoms. The van der Waals surface area contributed by atoms with Gasteiger partial charge in [-0.2, -0.15) is 0 Å². The Hall–Kier alpha value is -1.94. The van der Waals surface area contributed by atoms with Crippen molar-refractivity contribution in [2.24, 2.45) is 11.8 Å². The Labute approximate surface area is 530 Å². The smallest absolute Gasteiger partial charge is 0.462 e. The quantitative estimate of drug-likeness (QED) is 0.0222. The monoisotopic (exact) mass is 1280 g/mol. The van der Waals surface area contributed by atoms with Crippen molar-refractivity contribution in [2.75, 3.05) is 39.6 Å². The van der Waals surface area contributed by atoms with Crippen molar-refractivity contribution in [2.45, 2.75) is 362 Å². The highest BCUT2D eigenvalue weighted by atomic mass is 31.2. The number of phosphoric ester groups is 2. The third-order valence-corrected chi connectivity index (χ3v) is 18.3. The maximum Gasteiger partial charge on any atom is 0.472 e. The third-order valence-electron chi connectivity index (χ3n) is 16.4. The largest absolute Gasteiger partial charge is 0.472 e. The van der Waals surface area contributed by atoms with Crippen molar-refractivity contribution in [3.8, 4) is 0 Å². The molecule has 87 heavy (non-hydrogen) atoms. The summed E-state index contributed by atoms with van der Waals surface area (Å²) in [6, 6.07) is 0. The van der Waals surface area contributed by atoms with Crippen LogP contribution in [-0.4, -0.2) is 96.7 Å². The molecule has 17 nitrogen and oxygen atoms in total. The molecule has 4 unspecified atom stereocenters. The summed E-state index contributed by atoms with van der Waals surface area (Å²) in [6.07, 6.45) is 44.7. The topological polar surface area (TPSA) is 237 Å². The van der Waals surface area contributed by atoms with Crippen LogP contribution in [0, 0.1) is 11.8 Å².